The van der Waals surface area contributed by atoms with E-state index in [-0.39, 0.29) is 11.8 Å². The van der Waals surface area contributed by atoms with Crippen LogP contribution in [0.15, 0.2) is 0 Å². The van der Waals surface area contributed by atoms with Crippen LogP contribution in [0.3, 0.4) is 0 Å². The van der Waals surface area contributed by atoms with Crippen molar-refractivity contribution in [3.8, 4) is 0 Å². The first-order chi connectivity index (χ1) is 7.29. The summed E-state index contributed by atoms with van der Waals surface area (Å²) in [7, 11) is -1.06. The van der Waals surface area contributed by atoms with Crippen LogP contribution in [0.25, 0.3) is 0 Å². The number of aromatic nitrogens is 3. The Kier molecular flexibility index (Phi) is 4.03. The highest BCUT2D eigenvalue weighted by Gasteiger charge is 2.11. The fourth-order valence-electron chi connectivity index (χ4n) is 1.38. The van der Waals surface area contributed by atoms with Crippen LogP contribution in [0.2, 0.25) is 0 Å². The third-order valence-electron chi connectivity index (χ3n) is 2.34. The van der Waals surface area contributed by atoms with E-state index in [0.717, 1.165) is 11.6 Å². The highest BCUT2D eigenvalue weighted by atomic mass is 32.2. The molecule has 7 heteroatoms. The fourth-order valence-corrected chi connectivity index (χ4v) is 2.41. The Balaban J connectivity index is 2.49. The molecule has 0 saturated heterocycles. The van der Waals surface area contributed by atoms with Gasteiger partial charge in [-0.05, 0) is 13.8 Å². The fraction of sp³-hybridized carbons (Fsp3) is 0.778. The highest BCUT2D eigenvalue weighted by Crippen LogP contribution is 1.98. The maximum atomic E-state index is 11.1. The Morgan fingerprint density at radius 1 is 1.44 bits per heavy atom. The van der Waals surface area contributed by atoms with E-state index in [1.165, 1.54) is 6.26 Å². The van der Waals surface area contributed by atoms with Crippen LogP contribution in [0.5, 0.6) is 0 Å². The number of hydrogen-bond acceptors (Lipinski definition) is 5. The number of nitrogens with one attached hydrogen (secondary N) is 1. The summed E-state index contributed by atoms with van der Waals surface area (Å²) >= 11 is 0. The van der Waals surface area contributed by atoms with Gasteiger partial charge in [0.1, 0.15) is 21.5 Å². The molecule has 0 radical (unpaired) electrons. The van der Waals surface area contributed by atoms with Crippen LogP contribution in [-0.4, -0.2) is 41.2 Å². The average Bonchev–Trinajstić information content (AvgIpc) is 2.42. The van der Waals surface area contributed by atoms with Crippen molar-refractivity contribution in [1.29, 1.82) is 0 Å². The van der Waals surface area contributed by atoms with Gasteiger partial charge in [-0.15, -0.1) is 10.2 Å². The van der Waals surface area contributed by atoms with Gasteiger partial charge in [-0.1, -0.05) is 0 Å². The summed E-state index contributed by atoms with van der Waals surface area (Å²) in [5.41, 5.74) is 0. The number of nitrogens with zero attached hydrogens (tertiary/aromatic N) is 3. The van der Waals surface area contributed by atoms with Gasteiger partial charge in [-0.2, -0.15) is 0 Å². The molecule has 1 atom stereocenters. The summed E-state index contributed by atoms with van der Waals surface area (Å²) in [5.74, 6) is 1.77. The van der Waals surface area contributed by atoms with Gasteiger partial charge in [0.25, 0.3) is 0 Å². The first kappa shape index (κ1) is 13.1. The molecule has 0 amide bonds. The van der Waals surface area contributed by atoms with Crippen molar-refractivity contribution >= 4 is 9.84 Å². The Morgan fingerprint density at radius 3 is 2.50 bits per heavy atom. The summed E-state index contributed by atoms with van der Waals surface area (Å²) in [6.07, 6.45) is 1.23. The molecule has 0 aromatic carbocycles. The van der Waals surface area contributed by atoms with Gasteiger partial charge in [-0.25, -0.2) is 8.42 Å². The quantitative estimate of drug-likeness (QED) is 0.768. The topological polar surface area (TPSA) is 76.9 Å². The van der Waals surface area contributed by atoms with Gasteiger partial charge in [-0.3, -0.25) is 0 Å². The second kappa shape index (κ2) is 4.92. The molecule has 1 aromatic heterocycles. The van der Waals surface area contributed by atoms with E-state index in [2.05, 4.69) is 15.5 Å². The molecule has 6 nitrogen and oxygen atoms in total. The van der Waals surface area contributed by atoms with E-state index in [4.69, 9.17) is 0 Å². The van der Waals surface area contributed by atoms with Crippen LogP contribution >= 0.6 is 0 Å². The molecule has 1 rings (SSSR count). The molecule has 1 unspecified atom stereocenters. The summed E-state index contributed by atoms with van der Waals surface area (Å²) in [4.78, 5) is 0. The minimum atomic E-state index is -2.94. The lowest BCUT2D eigenvalue weighted by Crippen LogP contribution is -2.33. The Labute approximate surface area is 96.0 Å². The molecule has 92 valence electrons. The molecule has 0 spiro atoms. The van der Waals surface area contributed by atoms with E-state index in [9.17, 15) is 8.42 Å². The maximum Gasteiger partial charge on any atom is 0.148 e. The molecule has 0 fully saturated rings. The van der Waals surface area contributed by atoms with E-state index in [0.29, 0.717) is 6.54 Å². The molecule has 0 aliphatic carbocycles. The zero-order valence-corrected chi connectivity index (χ0v) is 10.9. The molecule has 0 saturated carbocycles. The third kappa shape index (κ3) is 3.90. The second-order valence-corrected chi connectivity index (χ2v) is 6.28. The van der Waals surface area contributed by atoms with Gasteiger partial charge in [0.15, 0.2) is 0 Å². The first-order valence-corrected chi connectivity index (χ1v) is 7.11. The molecule has 1 N–H and O–H groups in total. The summed E-state index contributed by atoms with van der Waals surface area (Å²) in [6.45, 7) is 4.23. The lowest BCUT2D eigenvalue weighted by Gasteiger charge is -2.11. The van der Waals surface area contributed by atoms with E-state index < -0.39 is 9.84 Å². The van der Waals surface area contributed by atoms with Crippen LogP contribution in [-0.2, 0) is 23.4 Å². The predicted octanol–water partition coefficient (Wildman–Crippen LogP) is -0.354. The van der Waals surface area contributed by atoms with E-state index in [1.807, 2.05) is 25.5 Å². The van der Waals surface area contributed by atoms with Crippen LogP contribution in [0.4, 0.5) is 0 Å². The van der Waals surface area contributed by atoms with Gasteiger partial charge >= 0.3 is 0 Å². The average molecular weight is 246 g/mol. The van der Waals surface area contributed by atoms with Crippen LogP contribution in [0.1, 0.15) is 18.6 Å². The monoisotopic (exact) mass is 246 g/mol. The van der Waals surface area contributed by atoms with Crippen molar-refractivity contribution in [2.24, 2.45) is 7.05 Å². The smallest absolute Gasteiger partial charge is 0.148 e. The minimum absolute atomic E-state index is 0.0907. The van der Waals surface area contributed by atoms with E-state index in [1.54, 1.807) is 0 Å². The SMILES string of the molecule is Cc1nnc(CNC(C)CS(C)(=O)=O)n1C. The van der Waals surface area contributed by atoms with Crippen molar-refractivity contribution in [3.05, 3.63) is 11.6 Å². The van der Waals surface area contributed by atoms with Crippen LogP contribution < -0.4 is 5.32 Å². The molecular weight excluding hydrogens is 228 g/mol. The first-order valence-electron chi connectivity index (χ1n) is 5.05. The molecular formula is C9H18N4O2S. The van der Waals surface area contributed by atoms with Crippen molar-refractivity contribution in [2.75, 3.05) is 12.0 Å². The van der Waals surface area contributed by atoms with Crippen molar-refractivity contribution < 1.29 is 8.42 Å². The van der Waals surface area contributed by atoms with Crippen molar-refractivity contribution in [3.63, 3.8) is 0 Å². The Hall–Kier alpha value is -0.950. The van der Waals surface area contributed by atoms with Crippen LogP contribution in [0, 0.1) is 6.92 Å². The number of sulfone groups is 1. The predicted molar refractivity (Wildman–Crippen MR) is 61.8 cm³/mol. The van der Waals surface area contributed by atoms with Gasteiger partial charge in [0.2, 0.25) is 0 Å². The van der Waals surface area contributed by atoms with Gasteiger partial charge in [0.05, 0.1) is 12.3 Å². The third-order valence-corrected chi connectivity index (χ3v) is 3.45. The molecule has 16 heavy (non-hydrogen) atoms. The molecule has 1 heterocycles. The maximum absolute atomic E-state index is 11.1. The lowest BCUT2D eigenvalue weighted by molar-refractivity contribution is 0.543. The number of rotatable bonds is 5. The standard InChI is InChI=1S/C9H18N4O2S/c1-7(6-16(4,14)15)10-5-9-12-11-8(2)13(9)3/h7,10H,5-6H2,1-4H3. The van der Waals surface area contributed by atoms with Crippen molar-refractivity contribution in [1.82, 2.24) is 20.1 Å². The molecule has 1 aromatic rings. The second-order valence-electron chi connectivity index (χ2n) is 4.10. The minimum Gasteiger partial charge on any atom is -0.317 e. The lowest BCUT2D eigenvalue weighted by atomic mass is 10.4. The van der Waals surface area contributed by atoms with Crippen molar-refractivity contribution in [2.45, 2.75) is 26.4 Å². The molecule has 0 aliphatic heterocycles. The van der Waals surface area contributed by atoms with E-state index >= 15 is 0 Å². The number of aryl methyl sites for hydroxylation is 1. The largest absolute Gasteiger partial charge is 0.317 e. The van der Waals surface area contributed by atoms with Gasteiger partial charge in [0, 0.05) is 19.3 Å². The normalized spacial score (nSPS) is 14.0. The Morgan fingerprint density at radius 2 is 2.06 bits per heavy atom. The number of hydrogen-bond donors (Lipinski definition) is 1. The zero-order chi connectivity index (χ0) is 12.3. The Bertz CT molecular complexity index is 452. The summed E-state index contributed by atoms with van der Waals surface area (Å²) < 4.78 is 24.0. The molecule has 0 aliphatic rings. The highest BCUT2D eigenvalue weighted by molar-refractivity contribution is 7.90. The van der Waals surface area contributed by atoms with Gasteiger partial charge < -0.3 is 9.88 Å². The molecule has 0 bridgehead atoms. The zero-order valence-electron chi connectivity index (χ0n) is 10.1. The summed E-state index contributed by atoms with van der Waals surface area (Å²) in [6, 6.07) is -0.0907. The summed E-state index contributed by atoms with van der Waals surface area (Å²) in [5, 5.41) is 11.0.